The standard InChI is InChI=1S/C25H24N2O6/c1-30-20-8-5-9-21(15-20)32-16-24(28)26-18-10-11-23-22(14-18)27(25(29)17-33-23)12-13-31-19-6-3-2-4-7-19/h2-11,14-15H,12-13,16-17H2,1H3,(H,26,28). The molecule has 1 N–H and O–H groups in total. The van der Waals surface area contributed by atoms with E-state index in [2.05, 4.69) is 5.32 Å². The normalized spacial score (nSPS) is 12.4. The van der Waals surface area contributed by atoms with E-state index >= 15 is 0 Å². The van der Waals surface area contributed by atoms with E-state index < -0.39 is 0 Å². The summed E-state index contributed by atoms with van der Waals surface area (Å²) in [5, 5.41) is 2.79. The van der Waals surface area contributed by atoms with Gasteiger partial charge in [0.05, 0.1) is 19.3 Å². The first-order valence-corrected chi connectivity index (χ1v) is 10.4. The molecule has 8 nitrogen and oxygen atoms in total. The highest BCUT2D eigenvalue weighted by Crippen LogP contribution is 2.34. The Bertz CT molecular complexity index is 1120. The summed E-state index contributed by atoms with van der Waals surface area (Å²) < 4.78 is 21.9. The van der Waals surface area contributed by atoms with E-state index in [-0.39, 0.29) is 25.0 Å². The van der Waals surface area contributed by atoms with Gasteiger partial charge in [0, 0.05) is 11.8 Å². The van der Waals surface area contributed by atoms with Crippen LogP contribution in [0.3, 0.4) is 0 Å². The molecule has 0 saturated heterocycles. The Labute approximate surface area is 191 Å². The molecule has 1 aliphatic heterocycles. The summed E-state index contributed by atoms with van der Waals surface area (Å²) in [6, 6.07) is 21.6. The van der Waals surface area contributed by atoms with Crippen molar-refractivity contribution in [3.05, 3.63) is 72.8 Å². The second kappa shape index (κ2) is 10.4. The zero-order valence-corrected chi connectivity index (χ0v) is 18.2. The molecular formula is C25H24N2O6. The molecule has 0 atom stereocenters. The van der Waals surface area contributed by atoms with Crippen LogP contribution in [0.25, 0.3) is 0 Å². The fraction of sp³-hybridized carbons (Fsp3) is 0.200. The van der Waals surface area contributed by atoms with Crippen molar-refractivity contribution in [3.63, 3.8) is 0 Å². The quantitative estimate of drug-likeness (QED) is 0.539. The van der Waals surface area contributed by atoms with Gasteiger partial charge in [-0.15, -0.1) is 0 Å². The van der Waals surface area contributed by atoms with Crippen LogP contribution in [0.4, 0.5) is 11.4 Å². The van der Waals surface area contributed by atoms with Crippen molar-refractivity contribution in [1.82, 2.24) is 0 Å². The number of rotatable bonds is 9. The number of ether oxygens (including phenoxy) is 4. The maximum Gasteiger partial charge on any atom is 0.265 e. The van der Waals surface area contributed by atoms with Crippen molar-refractivity contribution in [2.45, 2.75) is 0 Å². The number of hydrogen-bond donors (Lipinski definition) is 1. The minimum absolute atomic E-state index is 0.0432. The topological polar surface area (TPSA) is 86.3 Å². The molecule has 0 fully saturated rings. The predicted octanol–water partition coefficient (Wildman–Crippen LogP) is 3.52. The molecular weight excluding hydrogens is 424 g/mol. The third kappa shape index (κ3) is 5.74. The molecule has 0 aliphatic carbocycles. The van der Waals surface area contributed by atoms with Gasteiger partial charge >= 0.3 is 0 Å². The highest BCUT2D eigenvalue weighted by molar-refractivity contribution is 5.99. The molecule has 170 valence electrons. The fourth-order valence-corrected chi connectivity index (χ4v) is 3.33. The maximum absolute atomic E-state index is 12.5. The number of carbonyl (C=O) groups is 2. The van der Waals surface area contributed by atoms with Gasteiger partial charge in [-0.3, -0.25) is 9.59 Å². The molecule has 4 rings (SSSR count). The van der Waals surface area contributed by atoms with E-state index in [0.717, 1.165) is 5.75 Å². The largest absolute Gasteiger partial charge is 0.497 e. The van der Waals surface area contributed by atoms with E-state index in [0.29, 0.717) is 41.8 Å². The molecule has 3 aromatic carbocycles. The second-order valence-corrected chi connectivity index (χ2v) is 7.19. The minimum Gasteiger partial charge on any atom is -0.497 e. The highest BCUT2D eigenvalue weighted by Gasteiger charge is 2.26. The third-order valence-corrected chi connectivity index (χ3v) is 4.92. The number of fused-ring (bicyclic) bond motifs is 1. The minimum atomic E-state index is -0.334. The van der Waals surface area contributed by atoms with E-state index in [9.17, 15) is 9.59 Å². The van der Waals surface area contributed by atoms with Crippen LogP contribution in [0, 0.1) is 0 Å². The lowest BCUT2D eigenvalue weighted by Crippen LogP contribution is -2.41. The molecule has 33 heavy (non-hydrogen) atoms. The smallest absolute Gasteiger partial charge is 0.265 e. The number of amides is 2. The number of carbonyl (C=O) groups excluding carboxylic acids is 2. The number of hydrogen-bond acceptors (Lipinski definition) is 6. The van der Waals surface area contributed by atoms with Gasteiger partial charge in [-0.1, -0.05) is 24.3 Å². The lowest BCUT2D eigenvalue weighted by Gasteiger charge is -2.29. The van der Waals surface area contributed by atoms with E-state index in [1.165, 1.54) is 0 Å². The average Bonchev–Trinajstić information content (AvgIpc) is 2.85. The summed E-state index contributed by atoms with van der Waals surface area (Å²) >= 11 is 0. The Morgan fingerprint density at radius 2 is 1.76 bits per heavy atom. The maximum atomic E-state index is 12.5. The van der Waals surface area contributed by atoms with Crippen LogP contribution >= 0.6 is 0 Å². The summed E-state index contributed by atoms with van der Waals surface area (Å²) in [6.07, 6.45) is 0. The van der Waals surface area contributed by atoms with Gasteiger partial charge in [0.2, 0.25) is 0 Å². The monoisotopic (exact) mass is 448 g/mol. The highest BCUT2D eigenvalue weighted by atomic mass is 16.5. The average molecular weight is 448 g/mol. The van der Waals surface area contributed by atoms with Crippen LogP contribution in [0.15, 0.2) is 72.8 Å². The number of nitrogens with zero attached hydrogens (tertiary/aromatic N) is 1. The lowest BCUT2D eigenvalue weighted by molar-refractivity contribution is -0.121. The number of nitrogens with one attached hydrogen (secondary N) is 1. The first-order valence-electron chi connectivity index (χ1n) is 10.4. The van der Waals surface area contributed by atoms with E-state index in [4.69, 9.17) is 18.9 Å². The van der Waals surface area contributed by atoms with Crippen molar-refractivity contribution < 1.29 is 28.5 Å². The van der Waals surface area contributed by atoms with Crippen LogP contribution < -0.4 is 29.2 Å². The van der Waals surface area contributed by atoms with E-state index in [1.807, 2.05) is 30.3 Å². The summed E-state index contributed by atoms with van der Waals surface area (Å²) in [6.45, 7) is 0.452. The van der Waals surface area contributed by atoms with Gasteiger partial charge in [-0.2, -0.15) is 0 Å². The molecule has 0 unspecified atom stereocenters. The molecule has 3 aromatic rings. The molecule has 0 radical (unpaired) electrons. The number of para-hydroxylation sites is 1. The Balaban J connectivity index is 1.38. The molecule has 0 saturated carbocycles. The molecule has 0 spiro atoms. The van der Waals surface area contributed by atoms with Crippen molar-refractivity contribution >= 4 is 23.2 Å². The van der Waals surface area contributed by atoms with E-state index in [1.54, 1.807) is 54.5 Å². The van der Waals surface area contributed by atoms with Gasteiger partial charge in [-0.25, -0.2) is 0 Å². The van der Waals surface area contributed by atoms with Crippen LogP contribution in [0.1, 0.15) is 0 Å². The van der Waals surface area contributed by atoms with Crippen LogP contribution in [-0.2, 0) is 9.59 Å². The van der Waals surface area contributed by atoms with Gasteiger partial charge in [0.15, 0.2) is 13.2 Å². The Morgan fingerprint density at radius 1 is 0.970 bits per heavy atom. The molecule has 2 amide bonds. The van der Waals surface area contributed by atoms with Gasteiger partial charge in [0.25, 0.3) is 11.8 Å². The predicted molar refractivity (Wildman–Crippen MR) is 123 cm³/mol. The van der Waals surface area contributed by atoms with Crippen molar-refractivity contribution in [2.24, 2.45) is 0 Å². The number of anilines is 2. The SMILES string of the molecule is COc1cccc(OCC(=O)Nc2ccc3c(c2)N(CCOc2ccccc2)C(=O)CO3)c1. The molecule has 1 aliphatic rings. The summed E-state index contributed by atoms with van der Waals surface area (Å²) in [7, 11) is 1.56. The summed E-state index contributed by atoms with van der Waals surface area (Å²) in [5.41, 5.74) is 1.11. The zero-order valence-electron chi connectivity index (χ0n) is 18.2. The molecule has 8 heteroatoms. The van der Waals surface area contributed by atoms with Crippen LogP contribution in [0.5, 0.6) is 23.0 Å². The summed E-state index contributed by atoms with van der Waals surface area (Å²) in [4.78, 5) is 26.5. The first kappa shape index (κ1) is 22.0. The van der Waals surface area contributed by atoms with Crippen molar-refractivity contribution in [1.29, 1.82) is 0 Å². The lowest BCUT2D eigenvalue weighted by atomic mass is 10.2. The Hall–Kier alpha value is -4.20. The molecule has 0 aromatic heterocycles. The van der Waals surface area contributed by atoms with Crippen molar-refractivity contribution in [2.75, 3.05) is 43.7 Å². The van der Waals surface area contributed by atoms with Crippen molar-refractivity contribution in [3.8, 4) is 23.0 Å². The first-order chi connectivity index (χ1) is 16.1. The van der Waals surface area contributed by atoms with Gasteiger partial charge < -0.3 is 29.2 Å². The van der Waals surface area contributed by atoms with Crippen LogP contribution in [0.2, 0.25) is 0 Å². The number of benzene rings is 3. The second-order valence-electron chi connectivity index (χ2n) is 7.19. The summed E-state index contributed by atoms with van der Waals surface area (Å²) in [5.74, 6) is 1.96. The third-order valence-electron chi connectivity index (χ3n) is 4.92. The Kier molecular flexibility index (Phi) is 6.94. The fourth-order valence-electron chi connectivity index (χ4n) is 3.33. The Morgan fingerprint density at radius 3 is 2.58 bits per heavy atom. The molecule has 1 heterocycles. The zero-order chi connectivity index (χ0) is 23.0. The van der Waals surface area contributed by atoms with Crippen LogP contribution in [-0.4, -0.2) is 45.3 Å². The van der Waals surface area contributed by atoms with Gasteiger partial charge in [0.1, 0.15) is 29.6 Å². The number of methoxy groups -OCH3 is 1. The molecule has 0 bridgehead atoms. The van der Waals surface area contributed by atoms with Gasteiger partial charge in [-0.05, 0) is 42.5 Å².